The maximum absolute atomic E-state index is 12.8. The van der Waals surface area contributed by atoms with Gasteiger partial charge < -0.3 is 5.32 Å². The molecule has 0 aliphatic heterocycles. The number of alkyl halides is 3. The first-order chi connectivity index (χ1) is 12.5. The van der Waals surface area contributed by atoms with Gasteiger partial charge in [0, 0.05) is 11.3 Å². The molecule has 0 aliphatic rings. The Bertz CT molecular complexity index is 889. The minimum Gasteiger partial charge on any atom is -0.368 e. The highest BCUT2D eigenvalue weighted by atomic mass is 19.4. The van der Waals surface area contributed by atoms with Crippen molar-refractivity contribution < 1.29 is 13.2 Å². The summed E-state index contributed by atoms with van der Waals surface area (Å²) in [6.45, 7) is 0. The van der Waals surface area contributed by atoms with Gasteiger partial charge in [-0.15, -0.1) is 0 Å². The summed E-state index contributed by atoms with van der Waals surface area (Å²) in [5.74, 6) is 6.19. The van der Waals surface area contributed by atoms with Gasteiger partial charge in [-0.25, -0.2) is 0 Å². The summed E-state index contributed by atoms with van der Waals surface area (Å²) in [5, 5.41) is 3.27. The van der Waals surface area contributed by atoms with Gasteiger partial charge in [-0.05, 0) is 42.0 Å². The van der Waals surface area contributed by atoms with Crippen molar-refractivity contribution in [3.05, 3.63) is 102 Å². The molecule has 1 nitrogen and oxygen atoms in total. The second kappa shape index (κ2) is 7.79. The topological polar surface area (TPSA) is 12.0 Å². The predicted octanol–water partition coefficient (Wildman–Crippen LogP) is 5.91. The Morgan fingerprint density at radius 1 is 0.731 bits per heavy atom. The molecule has 0 spiro atoms. The molecule has 0 fully saturated rings. The summed E-state index contributed by atoms with van der Waals surface area (Å²) >= 11 is 0. The fraction of sp³-hybridized carbons (Fsp3) is 0.0909. The summed E-state index contributed by atoms with van der Waals surface area (Å²) < 4.78 is 38.4. The summed E-state index contributed by atoms with van der Waals surface area (Å²) in [6, 6.07) is 23.6. The van der Waals surface area contributed by atoms with E-state index in [0.717, 1.165) is 23.4 Å². The minimum absolute atomic E-state index is 0.431. The van der Waals surface area contributed by atoms with Crippen molar-refractivity contribution in [1.82, 2.24) is 0 Å². The van der Waals surface area contributed by atoms with Crippen LogP contribution < -0.4 is 5.32 Å². The van der Waals surface area contributed by atoms with Crippen LogP contribution in [0.1, 0.15) is 22.7 Å². The van der Waals surface area contributed by atoms with Crippen molar-refractivity contribution in [1.29, 1.82) is 0 Å². The first kappa shape index (κ1) is 17.6. The Morgan fingerprint density at radius 2 is 1.31 bits per heavy atom. The Labute approximate surface area is 150 Å². The SMILES string of the molecule is FC(F)(F)c1ccc([C@H](C#Cc2ccccc2)Nc2ccccc2)cc1. The summed E-state index contributed by atoms with van der Waals surface area (Å²) in [7, 11) is 0. The number of para-hydroxylation sites is 1. The smallest absolute Gasteiger partial charge is 0.368 e. The number of anilines is 1. The molecule has 1 atom stereocenters. The van der Waals surface area contributed by atoms with Crippen LogP contribution in [0.3, 0.4) is 0 Å². The van der Waals surface area contributed by atoms with E-state index >= 15 is 0 Å². The molecule has 0 saturated heterocycles. The zero-order chi connectivity index (χ0) is 18.4. The van der Waals surface area contributed by atoms with Crippen molar-refractivity contribution >= 4 is 5.69 Å². The average Bonchev–Trinajstić information content (AvgIpc) is 2.66. The Morgan fingerprint density at radius 3 is 1.88 bits per heavy atom. The predicted molar refractivity (Wildman–Crippen MR) is 97.6 cm³/mol. The van der Waals surface area contributed by atoms with Crippen LogP contribution in [0.2, 0.25) is 0 Å². The number of hydrogen-bond donors (Lipinski definition) is 1. The summed E-state index contributed by atoms with van der Waals surface area (Å²) in [4.78, 5) is 0. The van der Waals surface area contributed by atoms with Crippen molar-refractivity contribution in [2.45, 2.75) is 12.2 Å². The third-order valence-electron chi connectivity index (χ3n) is 3.79. The maximum atomic E-state index is 12.8. The van der Waals surface area contributed by atoms with Gasteiger partial charge in [-0.2, -0.15) is 13.2 Å². The second-order valence-electron chi connectivity index (χ2n) is 5.70. The van der Waals surface area contributed by atoms with E-state index in [9.17, 15) is 13.2 Å². The highest BCUT2D eigenvalue weighted by Crippen LogP contribution is 2.30. The van der Waals surface area contributed by atoms with E-state index in [4.69, 9.17) is 0 Å². The lowest BCUT2D eigenvalue weighted by molar-refractivity contribution is -0.137. The molecule has 0 aromatic heterocycles. The lowest BCUT2D eigenvalue weighted by Gasteiger charge is -2.16. The molecular formula is C22H16F3N. The highest BCUT2D eigenvalue weighted by Gasteiger charge is 2.30. The number of nitrogens with one attached hydrogen (secondary N) is 1. The monoisotopic (exact) mass is 351 g/mol. The molecule has 3 aromatic carbocycles. The molecule has 130 valence electrons. The molecule has 0 heterocycles. The molecule has 0 amide bonds. The molecule has 1 N–H and O–H groups in total. The van der Waals surface area contributed by atoms with Crippen molar-refractivity contribution in [3.63, 3.8) is 0 Å². The van der Waals surface area contributed by atoms with Crippen LogP contribution in [0, 0.1) is 11.8 Å². The van der Waals surface area contributed by atoms with Gasteiger partial charge in [0.25, 0.3) is 0 Å². The van der Waals surface area contributed by atoms with E-state index in [0.29, 0.717) is 5.56 Å². The molecule has 3 rings (SSSR count). The van der Waals surface area contributed by atoms with E-state index in [-0.39, 0.29) is 0 Å². The van der Waals surface area contributed by atoms with E-state index < -0.39 is 17.8 Å². The lowest BCUT2D eigenvalue weighted by Crippen LogP contribution is -2.10. The zero-order valence-electron chi connectivity index (χ0n) is 13.8. The van der Waals surface area contributed by atoms with Gasteiger partial charge >= 0.3 is 6.18 Å². The molecule has 0 saturated carbocycles. The standard InChI is InChI=1S/C22H16F3N/c23-22(24,25)19-14-12-18(13-15-19)21(26-20-9-5-2-6-10-20)16-11-17-7-3-1-4-8-17/h1-10,12-15,21,26H/t21-/m0/s1. The molecule has 0 bridgehead atoms. The van der Waals surface area contributed by atoms with Gasteiger partial charge in [0.1, 0.15) is 6.04 Å². The lowest BCUT2D eigenvalue weighted by atomic mass is 10.0. The number of hydrogen-bond acceptors (Lipinski definition) is 1. The van der Waals surface area contributed by atoms with E-state index in [2.05, 4.69) is 17.2 Å². The number of halogens is 3. The normalized spacial score (nSPS) is 12.0. The first-order valence-electron chi connectivity index (χ1n) is 8.08. The Balaban J connectivity index is 1.91. The zero-order valence-corrected chi connectivity index (χ0v) is 13.8. The van der Waals surface area contributed by atoms with Crippen LogP contribution in [0.25, 0.3) is 0 Å². The first-order valence-corrected chi connectivity index (χ1v) is 8.08. The second-order valence-corrected chi connectivity index (χ2v) is 5.70. The van der Waals surface area contributed by atoms with Gasteiger partial charge in [-0.3, -0.25) is 0 Å². The molecule has 4 heteroatoms. The van der Waals surface area contributed by atoms with Crippen LogP contribution >= 0.6 is 0 Å². The third-order valence-corrected chi connectivity index (χ3v) is 3.79. The Hall–Kier alpha value is -3.19. The molecule has 0 unspecified atom stereocenters. The fourth-order valence-electron chi connectivity index (χ4n) is 2.45. The maximum Gasteiger partial charge on any atom is 0.416 e. The minimum atomic E-state index is -4.35. The molecule has 3 aromatic rings. The van der Waals surface area contributed by atoms with Crippen LogP contribution in [-0.2, 0) is 6.18 Å². The van der Waals surface area contributed by atoms with Crippen LogP contribution in [0.15, 0.2) is 84.9 Å². The van der Waals surface area contributed by atoms with Gasteiger partial charge in [0.05, 0.1) is 5.56 Å². The average molecular weight is 351 g/mol. The van der Waals surface area contributed by atoms with E-state index in [1.165, 1.54) is 12.1 Å². The van der Waals surface area contributed by atoms with Crippen LogP contribution in [0.4, 0.5) is 18.9 Å². The largest absolute Gasteiger partial charge is 0.416 e. The molecule has 0 radical (unpaired) electrons. The Kier molecular flexibility index (Phi) is 5.28. The number of benzene rings is 3. The molecular weight excluding hydrogens is 335 g/mol. The summed E-state index contributed by atoms with van der Waals surface area (Å²) in [5.41, 5.74) is 1.69. The van der Waals surface area contributed by atoms with Crippen LogP contribution in [0.5, 0.6) is 0 Å². The highest BCUT2D eigenvalue weighted by molar-refractivity contribution is 5.49. The van der Waals surface area contributed by atoms with Crippen LogP contribution in [-0.4, -0.2) is 0 Å². The summed E-state index contributed by atoms with van der Waals surface area (Å²) in [6.07, 6.45) is -4.35. The molecule has 0 aliphatic carbocycles. The van der Waals surface area contributed by atoms with E-state index in [1.54, 1.807) is 0 Å². The van der Waals surface area contributed by atoms with Crippen molar-refractivity contribution in [3.8, 4) is 11.8 Å². The quantitative estimate of drug-likeness (QED) is 0.578. The van der Waals surface area contributed by atoms with Gasteiger partial charge in [-0.1, -0.05) is 60.4 Å². The van der Waals surface area contributed by atoms with Gasteiger partial charge in [0.15, 0.2) is 0 Å². The number of rotatable bonds is 3. The van der Waals surface area contributed by atoms with E-state index in [1.807, 2.05) is 60.7 Å². The fourth-order valence-corrected chi connectivity index (χ4v) is 2.45. The molecule has 26 heavy (non-hydrogen) atoms. The van der Waals surface area contributed by atoms with Gasteiger partial charge in [0.2, 0.25) is 0 Å². The third kappa shape index (κ3) is 4.67. The van der Waals surface area contributed by atoms with Crippen molar-refractivity contribution in [2.75, 3.05) is 5.32 Å². The van der Waals surface area contributed by atoms with Crippen molar-refractivity contribution in [2.24, 2.45) is 0 Å².